The zero-order chi connectivity index (χ0) is 13.2. The third-order valence-electron chi connectivity index (χ3n) is 3.31. The van der Waals surface area contributed by atoms with Crippen LogP contribution in [0.3, 0.4) is 0 Å². The number of nitrogens with two attached hydrogens (primary N) is 1. The normalized spacial score (nSPS) is 12.7. The van der Waals surface area contributed by atoms with Crippen LogP contribution in [0.2, 0.25) is 0 Å². The summed E-state index contributed by atoms with van der Waals surface area (Å²) in [7, 11) is 1.90. The maximum atomic E-state index is 6.04. The van der Waals surface area contributed by atoms with Crippen molar-refractivity contribution >= 4 is 16.7 Å². The van der Waals surface area contributed by atoms with Gasteiger partial charge < -0.3 is 15.5 Å². The number of benzene rings is 1. The molecule has 4 heteroatoms. The van der Waals surface area contributed by atoms with E-state index in [9.17, 15) is 0 Å². The summed E-state index contributed by atoms with van der Waals surface area (Å²) in [6.07, 6.45) is 5.26. The van der Waals surface area contributed by atoms with E-state index in [2.05, 4.69) is 10.3 Å². The molecular weight excluding hydrogens is 238 g/mol. The molecule has 19 heavy (non-hydrogen) atoms. The van der Waals surface area contributed by atoms with Crippen molar-refractivity contribution in [3.63, 3.8) is 0 Å². The van der Waals surface area contributed by atoms with Crippen LogP contribution in [0.5, 0.6) is 0 Å². The van der Waals surface area contributed by atoms with Crippen LogP contribution >= 0.6 is 0 Å². The van der Waals surface area contributed by atoms with Gasteiger partial charge in [-0.05, 0) is 19.2 Å². The highest BCUT2D eigenvalue weighted by molar-refractivity contribution is 5.82. The smallest absolute Gasteiger partial charge is 0.134 e. The minimum absolute atomic E-state index is 0.0302. The number of nitrogens with one attached hydrogen (secondary N) is 1. The maximum Gasteiger partial charge on any atom is 0.134 e. The number of aromatic nitrogens is 1. The molecule has 0 aliphatic heterocycles. The van der Waals surface area contributed by atoms with Gasteiger partial charge in [0.1, 0.15) is 5.58 Å². The molecule has 1 unspecified atom stereocenters. The number of hydrogen-bond acceptors (Lipinski definition) is 4. The number of rotatable bonds is 3. The van der Waals surface area contributed by atoms with E-state index in [0.717, 1.165) is 27.8 Å². The van der Waals surface area contributed by atoms with Crippen molar-refractivity contribution in [2.75, 3.05) is 12.8 Å². The minimum atomic E-state index is -0.0302. The maximum absolute atomic E-state index is 6.04. The fourth-order valence-electron chi connectivity index (χ4n) is 2.36. The van der Waals surface area contributed by atoms with Gasteiger partial charge >= 0.3 is 0 Å². The van der Waals surface area contributed by atoms with Crippen LogP contribution in [0.15, 0.2) is 53.4 Å². The quantitative estimate of drug-likeness (QED) is 0.753. The fraction of sp³-hybridized carbons (Fsp3) is 0.133. The van der Waals surface area contributed by atoms with Crippen LogP contribution in [0.4, 0.5) is 5.69 Å². The van der Waals surface area contributed by atoms with Crippen LogP contribution in [-0.4, -0.2) is 12.0 Å². The summed E-state index contributed by atoms with van der Waals surface area (Å²) in [4.78, 5) is 4.15. The lowest BCUT2D eigenvalue weighted by Gasteiger charge is -2.17. The zero-order valence-corrected chi connectivity index (χ0v) is 10.6. The molecule has 4 nitrogen and oxygen atoms in total. The number of fused-ring (bicyclic) bond motifs is 1. The first-order chi connectivity index (χ1) is 9.31. The average Bonchev–Trinajstić information content (AvgIpc) is 2.86. The predicted octanol–water partition coefficient (Wildman–Crippen LogP) is 2.72. The summed E-state index contributed by atoms with van der Waals surface area (Å²) in [5.41, 5.74) is 9.66. The van der Waals surface area contributed by atoms with Gasteiger partial charge in [-0.15, -0.1) is 0 Å². The number of nitrogen functional groups attached to an aromatic ring is 1. The summed E-state index contributed by atoms with van der Waals surface area (Å²) in [5.74, 6) is 0. The summed E-state index contributed by atoms with van der Waals surface area (Å²) in [5, 5.41) is 4.36. The highest BCUT2D eigenvalue weighted by Crippen LogP contribution is 2.32. The van der Waals surface area contributed by atoms with E-state index in [4.69, 9.17) is 10.2 Å². The molecule has 0 saturated heterocycles. The van der Waals surface area contributed by atoms with E-state index < -0.39 is 0 Å². The topological polar surface area (TPSA) is 64.1 Å². The van der Waals surface area contributed by atoms with Crippen LogP contribution in [0.25, 0.3) is 11.0 Å². The van der Waals surface area contributed by atoms with E-state index >= 15 is 0 Å². The van der Waals surface area contributed by atoms with Gasteiger partial charge in [0, 0.05) is 34.6 Å². The van der Waals surface area contributed by atoms with Crippen LogP contribution in [0, 0.1) is 0 Å². The number of para-hydroxylation sites is 1. The molecule has 96 valence electrons. The van der Waals surface area contributed by atoms with Gasteiger partial charge in [0.15, 0.2) is 0 Å². The molecule has 0 radical (unpaired) electrons. The van der Waals surface area contributed by atoms with Crippen LogP contribution in [-0.2, 0) is 0 Å². The van der Waals surface area contributed by atoms with E-state index in [1.165, 1.54) is 0 Å². The Morgan fingerprint density at radius 2 is 2.05 bits per heavy atom. The first-order valence-electron chi connectivity index (χ1n) is 6.14. The second-order valence-electron chi connectivity index (χ2n) is 4.41. The summed E-state index contributed by atoms with van der Waals surface area (Å²) >= 11 is 0. The zero-order valence-electron chi connectivity index (χ0n) is 10.6. The Balaban J connectivity index is 2.15. The minimum Gasteiger partial charge on any atom is -0.464 e. The fourth-order valence-corrected chi connectivity index (χ4v) is 2.36. The van der Waals surface area contributed by atoms with E-state index in [1.54, 1.807) is 18.7 Å². The number of furan rings is 1. The second kappa shape index (κ2) is 4.74. The van der Waals surface area contributed by atoms with Crippen molar-refractivity contribution in [3.8, 4) is 0 Å². The summed E-state index contributed by atoms with van der Waals surface area (Å²) < 4.78 is 5.59. The predicted molar refractivity (Wildman–Crippen MR) is 75.8 cm³/mol. The van der Waals surface area contributed by atoms with Crippen molar-refractivity contribution in [2.45, 2.75) is 6.04 Å². The molecule has 2 heterocycles. The summed E-state index contributed by atoms with van der Waals surface area (Å²) in [6, 6.07) is 9.74. The third kappa shape index (κ3) is 1.96. The Kier molecular flexibility index (Phi) is 2.93. The molecule has 3 rings (SSSR count). The van der Waals surface area contributed by atoms with E-state index in [0.29, 0.717) is 0 Å². The molecule has 0 amide bonds. The van der Waals surface area contributed by atoms with Crippen LogP contribution in [0.1, 0.15) is 17.2 Å². The first kappa shape index (κ1) is 11.7. The van der Waals surface area contributed by atoms with Gasteiger partial charge in [0.2, 0.25) is 0 Å². The molecular formula is C15H15N3O. The molecule has 0 spiro atoms. The highest BCUT2D eigenvalue weighted by Gasteiger charge is 2.19. The first-order valence-corrected chi connectivity index (χ1v) is 6.14. The van der Waals surface area contributed by atoms with Crippen molar-refractivity contribution < 1.29 is 4.42 Å². The molecule has 0 aliphatic carbocycles. The average molecular weight is 253 g/mol. The Labute approximate surface area is 111 Å². The van der Waals surface area contributed by atoms with Gasteiger partial charge in [-0.25, -0.2) is 0 Å². The Morgan fingerprint density at radius 3 is 2.84 bits per heavy atom. The van der Waals surface area contributed by atoms with E-state index in [-0.39, 0.29) is 6.04 Å². The number of nitrogens with zero attached hydrogens (tertiary/aromatic N) is 1. The van der Waals surface area contributed by atoms with Crippen molar-refractivity contribution in [3.05, 3.63) is 60.1 Å². The Hall–Kier alpha value is -2.33. The molecule has 0 aliphatic rings. The van der Waals surface area contributed by atoms with Gasteiger partial charge in [-0.1, -0.05) is 18.2 Å². The monoisotopic (exact) mass is 253 g/mol. The largest absolute Gasteiger partial charge is 0.464 e. The van der Waals surface area contributed by atoms with Crippen molar-refractivity contribution in [1.82, 2.24) is 10.3 Å². The lowest BCUT2D eigenvalue weighted by Crippen LogP contribution is -2.18. The third-order valence-corrected chi connectivity index (χ3v) is 3.31. The number of pyridine rings is 1. The Morgan fingerprint density at radius 1 is 1.21 bits per heavy atom. The molecule has 1 aromatic carbocycles. The van der Waals surface area contributed by atoms with Crippen molar-refractivity contribution in [1.29, 1.82) is 0 Å². The lowest BCUT2D eigenvalue weighted by atomic mass is 9.98. The lowest BCUT2D eigenvalue weighted by molar-refractivity contribution is 0.597. The second-order valence-corrected chi connectivity index (χ2v) is 4.41. The molecule has 2 aromatic heterocycles. The molecule has 0 saturated carbocycles. The van der Waals surface area contributed by atoms with E-state index in [1.807, 2.05) is 37.4 Å². The Bertz CT molecular complexity index is 705. The summed E-state index contributed by atoms with van der Waals surface area (Å²) in [6.45, 7) is 0. The molecule has 0 fully saturated rings. The van der Waals surface area contributed by atoms with Gasteiger partial charge in [-0.2, -0.15) is 0 Å². The molecule has 1 atom stereocenters. The van der Waals surface area contributed by atoms with Crippen molar-refractivity contribution in [2.24, 2.45) is 0 Å². The van der Waals surface area contributed by atoms with Crippen LogP contribution < -0.4 is 11.1 Å². The van der Waals surface area contributed by atoms with Gasteiger partial charge in [0.25, 0.3) is 0 Å². The van der Waals surface area contributed by atoms with Gasteiger partial charge in [-0.3, -0.25) is 4.98 Å². The molecule has 3 N–H and O–H groups in total. The number of anilines is 1. The number of hydrogen-bond donors (Lipinski definition) is 2. The standard InChI is InChI=1S/C15H15N3O/c1-17-15(11-8-18-7-6-13(11)16)12-9-19-14-5-3-2-4-10(12)14/h2-9,15,17H,1H3,(H2,16,18). The van der Waals surface area contributed by atoms with Gasteiger partial charge in [0.05, 0.1) is 12.3 Å². The highest BCUT2D eigenvalue weighted by atomic mass is 16.3. The molecule has 3 aromatic rings. The SMILES string of the molecule is CNC(c1cnccc1N)c1coc2ccccc12. The molecule has 0 bridgehead atoms.